The normalized spacial score (nSPS) is 30.0. The maximum absolute atomic E-state index is 13.2. The summed E-state index contributed by atoms with van der Waals surface area (Å²) < 4.78 is 17.0. The number of aliphatic hydroxyl groups is 3. The number of halogens is 1. The van der Waals surface area contributed by atoms with E-state index < -0.39 is 30.2 Å². The quantitative estimate of drug-likeness (QED) is 0.441. The molecule has 2 aliphatic heterocycles. The molecule has 3 N–H and O–H groups in total. The molecule has 4 rings (SSSR count). The van der Waals surface area contributed by atoms with Gasteiger partial charge in [0.15, 0.2) is 0 Å². The van der Waals surface area contributed by atoms with E-state index in [0.717, 1.165) is 11.3 Å². The Hall–Kier alpha value is -1.36. The van der Waals surface area contributed by atoms with E-state index in [-0.39, 0.29) is 23.0 Å². The Labute approximate surface area is 189 Å². The van der Waals surface area contributed by atoms with Gasteiger partial charge in [-0.05, 0) is 43.7 Å². The van der Waals surface area contributed by atoms with Crippen LogP contribution in [0.25, 0.3) is 0 Å². The van der Waals surface area contributed by atoms with Crippen LogP contribution in [0.4, 0.5) is 0 Å². The Morgan fingerprint density at radius 3 is 2.81 bits per heavy atom. The van der Waals surface area contributed by atoms with E-state index in [0.29, 0.717) is 29.2 Å². The van der Waals surface area contributed by atoms with E-state index in [1.165, 1.54) is 11.3 Å². The third-order valence-corrected chi connectivity index (χ3v) is 7.20. The molecule has 0 radical (unpaired) electrons. The summed E-state index contributed by atoms with van der Waals surface area (Å²) in [7, 11) is 0. The number of aliphatic hydroxyl groups excluding tert-OH is 3. The first-order valence-corrected chi connectivity index (χ1v) is 11.4. The number of carbonyl (C=O) groups is 1. The van der Waals surface area contributed by atoms with Gasteiger partial charge in [-0.1, -0.05) is 11.6 Å². The molecule has 3 heterocycles. The lowest BCUT2D eigenvalue weighted by Crippen LogP contribution is -2.62. The molecule has 1 fully saturated rings. The molecule has 2 aliphatic rings. The highest BCUT2D eigenvalue weighted by molar-refractivity contribution is 7.14. The molecule has 1 saturated heterocycles. The highest BCUT2D eigenvalue weighted by atomic mass is 35.5. The van der Waals surface area contributed by atoms with Crippen molar-refractivity contribution in [1.29, 1.82) is 0 Å². The number of ether oxygens (including phenoxy) is 3. The van der Waals surface area contributed by atoms with Crippen molar-refractivity contribution in [2.45, 2.75) is 57.1 Å². The van der Waals surface area contributed by atoms with Crippen LogP contribution in [0.3, 0.4) is 0 Å². The van der Waals surface area contributed by atoms with Gasteiger partial charge in [-0.2, -0.15) is 0 Å². The zero-order valence-corrected chi connectivity index (χ0v) is 18.8. The van der Waals surface area contributed by atoms with Crippen LogP contribution in [-0.4, -0.2) is 58.7 Å². The van der Waals surface area contributed by atoms with Crippen LogP contribution in [0.2, 0.25) is 5.02 Å². The zero-order chi connectivity index (χ0) is 22.3. The van der Waals surface area contributed by atoms with Crippen LogP contribution < -0.4 is 0 Å². The molecule has 1 spiro atoms. The summed E-state index contributed by atoms with van der Waals surface area (Å²) in [6.45, 7) is 4.84. The molecule has 2 aromatic rings. The minimum absolute atomic E-state index is 0.0939. The average molecular weight is 469 g/mol. The molecule has 1 aromatic carbocycles. The molecule has 7 nitrogen and oxygen atoms in total. The van der Waals surface area contributed by atoms with Crippen LogP contribution >= 0.6 is 22.9 Å². The van der Waals surface area contributed by atoms with Gasteiger partial charge in [-0.15, -0.1) is 11.3 Å². The highest BCUT2D eigenvalue weighted by Gasteiger charge is 2.57. The lowest BCUT2D eigenvalue weighted by molar-refractivity contribution is -0.362. The smallest absolute Gasteiger partial charge is 0.225 e. The molecular weight excluding hydrogens is 444 g/mol. The van der Waals surface area contributed by atoms with Crippen molar-refractivity contribution in [2.75, 3.05) is 13.2 Å². The van der Waals surface area contributed by atoms with E-state index in [4.69, 9.17) is 25.8 Å². The van der Waals surface area contributed by atoms with E-state index in [1.807, 2.05) is 13.0 Å². The maximum atomic E-state index is 13.2. The first kappa shape index (κ1) is 22.8. The van der Waals surface area contributed by atoms with Crippen molar-refractivity contribution in [3.8, 4) is 0 Å². The van der Waals surface area contributed by atoms with Gasteiger partial charge >= 0.3 is 0 Å². The zero-order valence-electron chi connectivity index (χ0n) is 17.2. The summed E-state index contributed by atoms with van der Waals surface area (Å²) in [5, 5.41) is 31.3. The number of fused-ring (bicyclic) bond motifs is 2. The summed E-state index contributed by atoms with van der Waals surface area (Å²) >= 11 is 7.81. The van der Waals surface area contributed by atoms with E-state index >= 15 is 0 Å². The lowest BCUT2D eigenvalue weighted by atomic mass is 9.87. The van der Waals surface area contributed by atoms with Gasteiger partial charge in [0.25, 0.3) is 0 Å². The summed E-state index contributed by atoms with van der Waals surface area (Å²) in [6.07, 6.45) is -4.32. The van der Waals surface area contributed by atoms with Crippen LogP contribution in [0.1, 0.15) is 45.1 Å². The number of carbonyl (C=O) groups excluding carboxylic acids is 1. The Kier molecular flexibility index (Phi) is 6.54. The van der Waals surface area contributed by atoms with E-state index in [9.17, 15) is 20.1 Å². The van der Waals surface area contributed by atoms with Gasteiger partial charge in [-0.3, -0.25) is 4.79 Å². The van der Waals surface area contributed by atoms with Crippen molar-refractivity contribution >= 4 is 28.7 Å². The van der Waals surface area contributed by atoms with Crippen molar-refractivity contribution in [3.63, 3.8) is 0 Å². The number of rotatable bonds is 6. The molecule has 168 valence electrons. The highest BCUT2D eigenvalue weighted by Crippen LogP contribution is 2.47. The Balaban J connectivity index is 1.66. The minimum Gasteiger partial charge on any atom is -0.388 e. The van der Waals surface area contributed by atoms with Gasteiger partial charge in [0, 0.05) is 29.0 Å². The molecule has 0 unspecified atom stereocenters. The number of thiophene rings is 1. The monoisotopic (exact) mass is 468 g/mol. The third kappa shape index (κ3) is 3.96. The SMILES string of the molecule is CCOCCc1ccc(C(=O)c2cc3c(cc2Cl)CO[C@]32O[C@H](C)[C@@H](O)[C@H](O)[C@H]2O)s1. The second-order valence-electron chi connectivity index (χ2n) is 7.74. The molecule has 9 heteroatoms. The number of hydrogen-bond donors (Lipinski definition) is 3. The molecule has 0 amide bonds. The Bertz CT molecular complexity index is 977. The molecular formula is C22H25ClO7S. The number of hydrogen-bond acceptors (Lipinski definition) is 8. The number of ketones is 1. The predicted molar refractivity (Wildman–Crippen MR) is 114 cm³/mol. The second kappa shape index (κ2) is 8.88. The lowest BCUT2D eigenvalue weighted by Gasteiger charge is -2.45. The van der Waals surface area contributed by atoms with Gasteiger partial charge < -0.3 is 29.5 Å². The fraction of sp³-hybridized carbons (Fsp3) is 0.500. The van der Waals surface area contributed by atoms with Crippen molar-refractivity contribution in [2.24, 2.45) is 0 Å². The molecule has 0 aliphatic carbocycles. The largest absolute Gasteiger partial charge is 0.388 e. The Morgan fingerprint density at radius 2 is 2.06 bits per heavy atom. The van der Waals surface area contributed by atoms with Gasteiger partial charge in [0.2, 0.25) is 11.6 Å². The van der Waals surface area contributed by atoms with Crippen LogP contribution in [0.15, 0.2) is 24.3 Å². The average Bonchev–Trinajstić information content (AvgIpc) is 3.36. The summed E-state index contributed by atoms with van der Waals surface area (Å²) in [5.74, 6) is -1.92. The van der Waals surface area contributed by atoms with Gasteiger partial charge in [-0.25, -0.2) is 0 Å². The van der Waals surface area contributed by atoms with Crippen LogP contribution in [0, 0.1) is 0 Å². The second-order valence-corrected chi connectivity index (χ2v) is 9.31. The summed E-state index contributed by atoms with van der Waals surface area (Å²) in [4.78, 5) is 14.8. The van der Waals surface area contributed by atoms with Crippen molar-refractivity contribution < 1.29 is 34.3 Å². The van der Waals surface area contributed by atoms with Crippen molar-refractivity contribution in [3.05, 3.63) is 55.7 Å². The molecule has 31 heavy (non-hydrogen) atoms. The van der Waals surface area contributed by atoms with Crippen LogP contribution in [0.5, 0.6) is 0 Å². The number of benzene rings is 1. The van der Waals surface area contributed by atoms with E-state index in [1.54, 1.807) is 25.1 Å². The first-order valence-electron chi connectivity index (χ1n) is 10.2. The molecule has 5 atom stereocenters. The maximum Gasteiger partial charge on any atom is 0.225 e. The van der Waals surface area contributed by atoms with Crippen molar-refractivity contribution in [1.82, 2.24) is 0 Å². The fourth-order valence-electron chi connectivity index (χ4n) is 4.03. The molecule has 0 saturated carbocycles. The standard InChI is InChI=1S/C22H25ClO7S/c1-3-28-7-6-13-4-5-17(31-13)19(25)14-9-15-12(8-16(14)23)10-29-22(15)21(27)20(26)18(24)11(2)30-22/h4-5,8-9,11,18,20-21,24,26-27H,3,6-7,10H2,1-2H3/t11-,18-,20+,21-,22+/m1/s1. The third-order valence-electron chi connectivity index (χ3n) is 5.74. The van der Waals surface area contributed by atoms with Crippen LogP contribution in [-0.2, 0) is 33.0 Å². The Morgan fingerprint density at radius 1 is 1.29 bits per heavy atom. The molecule has 0 bridgehead atoms. The van der Waals surface area contributed by atoms with Gasteiger partial charge in [0.1, 0.15) is 18.3 Å². The summed E-state index contributed by atoms with van der Waals surface area (Å²) in [5.41, 5.74) is 1.34. The molecule has 1 aromatic heterocycles. The fourth-order valence-corrected chi connectivity index (χ4v) is 5.24. The van der Waals surface area contributed by atoms with Gasteiger partial charge in [0.05, 0.1) is 29.2 Å². The summed E-state index contributed by atoms with van der Waals surface area (Å²) in [6, 6.07) is 6.85. The topological polar surface area (TPSA) is 105 Å². The first-order chi connectivity index (χ1) is 14.8. The van der Waals surface area contributed by atoms with E-state index in [2.05, 4.69) is 0 Å². The predicted octanol–water partition coefficient (Wildman–Crippen LogP) is 2.40. The minimum atomic E-state index is -1.68.